The number of anilines is 1. The summed E-state index contributed by atoms with van der Waals surface area (Å²) in [6.45, 7) is 1.38. The molecule has 6 nitrogen and oxygen atoms in total. The summed E-state index contributed by atoms with van der Waals surface area (Å²) in [7, 11) is 0. The molecule has 0 bridgehead atoms. The van der Waals surface area contributed by atoms with Crippen molar-refractivity contribution in [2.45, 2.75) is 18.9 Å². The third-order valence-electron chi connectivity index (χ3n) is 5.21. The Morgan fingerprint density at radius 3 is 2.03 bits per heavy atom. The maximum Gasteiger partial charge on any atom is 0.327 e. The molecule has 0 saturated heterocycles. The predicted octanol–water partition coefficient (Wildman–Crippen LogP) is 3.64. The number of carboxylic acids is 1. The molecule has 3 aromatic carbocycles. The quantitative estimate of drug-likeness (QED) is 0.609. The second-order valence-corrected chi connectivity index (χ2v) is 7.20. The minimum atomic E-state index is -1.15. The highest BCUT2D eigenvalue weighted by Crippen LogP contribution is 2.46. The van der Waals surface area contributed by atoms with E-state index in [0.717, 1.165) is 22.3 Å². The summed E-state index contributed by atoms with van der Waals surface area (Å²) < 4.78 is 0. The van der Waals surface area contributed by atoms with Crippen molar-refractivity contribution in [3.63, 3.8) is 0 Å². The Hall–Kier alpha value is -3.93. The van der Waals surface area contributed by atoms with Gasteiger partial charge < -0.3 is 15.7 Å². The topological polar surface area (TPSA) is 95.5 Å². The van der Waals surface area contributed by atoms with Gasteiger partial charge in [0, 0.05) is 24.1 Å². The maximum absolute atomic E-state index is 12.9. The van der Waals surface area contributed by atoms with Crippen molar-refractivity contribution in [3.05, 3.63) is 89.5 Å². The van der Waals surface area contributed by atoms with Crippen LogP contribution in [-0.2, 0) is 9.59 Å². The average molecular weight is 400 g/mol. The number of rotatable bonds is 5. The monoisotopic (exact) mass is 400 g/mol. The van der Waals surface area contributed by atoms with Gasteiger partial charge in [0.2, 0.25) is 5.91 Å². The summed E-state index contributed by atoms with van der Waals surface area (Å²) in [4.78, 5) is 36.4. The summed E-state index contributed by atoms with van der Waals surface area (Å²) in [6.07, 6.45) is 0. The van der Waals surface area contributed by atoms with Crippen LogP contribution in [0.5, 0.6) is 0 Å². The minimum absolute atomic E-state index is 0.254. The lowest BCUT2D eigenvalue weighted by molar-refractivity contribution is -0.139. The summed E-state index contributed by atoms with van der Waals surface area (Å²) in [5, 5.41) is 15.3. The molecule has 1 aliphatic rings. The fourth-order valence-corrected chi connectivity index (χ4v) is 4.01. The lowest BCUT2D eigenvalue weighted by atomic mass is 9.89. The van der Waals surface area contributed by atoms with Crippen LogP contribution in [0.25, 0.3) is 11.1 Å². The second kappa shape index (κ2) is 7.83. The van der Waals surface area contributed by atoms with Crippen molar-refractivity contribution < 1.29 is 19.5 Å². The average Bonchev–Trinajstić information content (AvgIpc) is 3.06. The van der Waals surface area contributed by atoms with E-state index in [1.807, 2.05) is 48.5 Å². The molecule has 1 aliphatic carbocycles. The maximum atomic E-state index is 12.9. The van der Waals surface area contributed by atoms with E-state index in [9.17, 15) is 19.5 Å². The molecule has 0 aliphatic heterocycles. The predicted molar refractivity (Wildman–Crippen MR) is 113 cm³/mol. The number of nitrogens with one attached hydrogen (secondary N) is 2. The van der Waals surface area contributed by atoms with Gasteiger partial charge in [0.15, 0.2) is 0 Å². The molecule has 0 unspecified atom stereocenters. The summed E-state index contributed by atoms with van der Waals surface area (Å²) in [6, 6.07) is 20.6. The molecule has 3 aromatic rings. The van der Waals surface area contributed by atoms with Crippen LogP contribution < -0.4 is 10.6 Å². The van der Waals surface area contributed by atoms with E-state index in [4.69, 9.17) is 0 Å². The zero-order valence-electron chi connectivity index (χ0n) is 16.3. The third-order valence-corrected chi connectivity index (χ3v) is 5.21. The zero-order chi connectivity index (χ0) is 21.3. The summed E-state index contributed by atoms with van der Waals surface area (Å²) >= 11 is 0. The summed E-state index contributed by atoms with van der Waals surface area (Å²) in [5.74, 6) is -2.39. The number of carbonyl (C=O) groups excluding carboxylic acids is 2. The lowest BCUT2D eigenvalue weighted by Gasteiger charge is -2.23. The Morgan fingerprint density at radius 1 is 0.867 bits per heavy atom. The molecule has 2 amide bonds. The lowest BCUT2D eigenvalue weighted by Crippen LogP contribution is -2.44. The Kier molecular flexibility index (Phi) is 5.06. The first-order valence-electron chi connectivity index (χ1n) is 9.55. The number of benzene rings is 3. The minimum Gasteiger partial charge on any atom is -0.480 e. The number of aliphatic carboxylic acids is 1. The first-order valence-corrected chi connectivity index (χ1v) is 9.55. The molecule has 3 N–H and O–H groups in total. The van der Waals surface area contributed by atoms with Gasteiger partial charge in [-0.3, -0.25) is 9.59 Å². The number of carbonyl (C=O) groups is 3. The number of hydrogen-bond donors (Lipinski definition) is 3. The van der Waals surface area contributed by atoms with E-state index in [1.54, 1.807) is 18.2 Å². The number of hydrogen-bond acceptors (Lipinski definition) is 3. The standard InChI is InChI=1S/C24H20N2O4/c1-14(27)25-16-8-6-7-15(13-16)23(28)26-22(24(29)30)21-19-11-4-2-9-17(19)18-10-3-5-12-20(18)21/h2-13,21-22H,1H3,(H,25,27)(H,26,28)(H,29,30)/t22-/m1/s1. The van der Waals surface area contributed by atoms with Gasteiger partial charge in [-0.05, 0) is 40.5 Å². The van der Waals surface area contributed by atoms with Gasteiger partial charge in [0.05, 0.1) is 0 Å². The Morgan fingerprint density at radius 2 is 1.47 bits per heavy atom. The Bertz CT molecular complexity index is 1110. The molecule has 0 heterocycles. The molecule has 150 valence electrons. The summed E-state index contributed by atoms with van der Waals surface area (Å²) in [5.41, 5.74) is 4.44. The van der Waals surface area contributed by atoms with Crippen LogP contribution >= 0.6 is 0 Å². The fraction of sp³-hybridized carbons (Fsp3) is 0.125. The van der Waals surface area contributed by atoms with E-state index in [1.165, 1.54) is 13.0 Å². The van der Waals surface area contributed by atoms with E-state index >= 15 is 0 Å². The Balaban J connectivity index is 1.68. The van der Waals surface area contributed by atoms with Crippen LogP contribution in [0.4, 0.5) is 5.69 Å². The van der Waals surface area contributed by atoms with E-state index in [0.29, 0.717) is 5.69 Å². The van der Waals surface area contributed by atoms with Crippen LogP contribution in [0.2, 0.25) is 0 Å². The largest absolute Gasteiger partial charge is 0.480 e. The van der Waals surface area contributed by atoms with E-state index in [-0.39, 0.29) is 11.5 Å². The highest BCUT2D eigenvalue weighted by atomic mass is 16.4. The molecule has 1 atom stereocenters. The van der Waals surface area contributed by atoms with Crippen molar-refractivity contribution in [1.29, 1.82) is 0 Å². The van der Waals surface area contributed by atoms with E-state index in [2.05, 4.69) is 10.6 Å². The van der Waals surface area contributed by atoms with Crippen molar-refractivity contribution in [1.82, 2.24) is 5.32 Å². The molecule has 0 aromatic heterocycles. The zero-order valence-corrected chi connectivity index (χ0v) is 16.3. The van der Waals surface area contributed by atoms with Crippen molar-refractivity contribution in [2.75, 3.05) is 5.32 Å². The third kappa shape index (κ3) is 3.55. The van der Waals surface area contributed by atoms with Crippen molar-refractivity contribution in [2.24, 2.45) is 0 Å². The van der Waals surface area contributed by atoms with Crippen molar-refractivity contribution >= 4 is 23.5 Å². The first kappa shape index (κ1) is 19.4. The molecule has 4 rings (SSSR count). The molecule has 0 saturated carbocycles. The van der Waals surface area contributed by atoms with Gasteiger partial charge in [0.1, 0.15) is 6.04 Å². The fourth-order valence-electron chi connectivity index (χ4n) is 4.01. The van der Waals surface area contributed by atoms with Crippen LogP contribution in [0, 0.1) is 0 Å². The van der Waals surface area contributed by atoms with Crippen molar-refractivity contribution in [3.8, 4) is 11.1 Å². The number of amides is 2. The molecule has 0 fully saturated rings. The second-order valence-electron chi connectivity index (χ2n) is 7.20. The van der Waals surface area contributed by atoms with Crippen LogP contribution in [0.1, 0.15) is 34.3 Å². The van der Waals surface area contributed by atoms with Crippen LogP contribution in [0.15, 0.2) is 72.8 Å². The van der Waals surface area contributed by atoms with Gasteiger partial charge in [-0.15, -0.1) is 0 Å². The first-order chi connectivity index (χ1) is 14.5. The van der Waals surface area contributed by atoms with E-state index < -0.39 is 23.8 Å². The van der Waals surface area contributed by atoms with Crippen LogP contribution in [-0.4, -0.2) is 28.9 Å². The van der Waals surface area contributed by atoms with Gasteiger partial charge in [0.25, 0.3) is 5.91 Å². The van der Waals surface area contributed by atoms with Crippen LogP contribution in [0.3, 0.4) is 0 Å². The highest BCUT2D eigenvalue weighted by molar-refractivity contribution is 5.99. The number of carboxylic acid groups (broad SMARTS) is 1. The molecule has 0 radical (unpaired) electrons. The molecule has 0 spiro atoms. The highest BCUT2D eigenvalue weighted by Gasteiger charge is 2.38. The van der Waals surface area contributed by atoms with Gasteiger partial charge in [-0.1, -0.05) is 54.6 Å². The van der Waals surface area contributed by atoms with Gasteiger partial charge in [-0.2, -0.15) is 0 Å². The number of fused-ring (bicyclic) bond motifs is 3. The molecular weight excluding hydrogens is 380 g/mol. The molecule has 6 heteroatoms. The smallest absolute Gasteiger partial charge is 0.327 e. The Labute approximate surface area is 173 Å². The SMILES string of the molecule is CC(=O)Nc1cccc(C(=O)N[C@@H](C(=O)O)C2c3ccccc3-c3ccccc32)c1. The van der Waals surface area contributed by atoms with Gasteiger partial charge in [-0.25, -0.2) is 4.79 Å². The molecule has 30 heavy (non-hydrogen) atoms. The van der Waals surface area contributed by atoms with Gasteiger partial charge >= 0.3 is 5.97 Å². The molecular formula is C24H20N2O4. The normalized spacial score (nSPS) is 13.1.